The van der Waals surface area contributed by atoms with E-state index in [4.69, 9.17) is 47.8 Å². The monoisotopic (exact) mass is 1550 g/mol. The summed E-state index contributed by atoms with van der Waals surface area (Å²) in [6.07, 6.45) is 6.82. The minimum atomic E-state index is -4.25. The van der Waals surface area contributed by atoms with Crippen molar-refractivity contribution < 1.29 is 92.9 Å². The number of aliphatic hydroxyl groups excluding tert-OH is 1. The molecule has 568 valence electrons. The number of isocyanates is 1. The first-order chi connectivity index (χ1) is 47.6. The average molecular weight is 1560 g/mol. The van der Waals surface area contributed by atoms with Gasteiger partial charge in [0.05, 0.1) is 32.1 Å². The van der Waals surface area contributed by atoms with Crippen molar-refractivity contribution in [3.05, 3.63) is 140 Å². The number of hydrogen-bond acceptors (Lipinski definition) is 21. The van der Waals surface area contributed by atoms with E-state index >= 15 is 0 Å². The summed E-state index contributed by atoms with van der Waals surface area (Å²) in [4.78, 5) is 58.6. The van der Waals surface area contributed by atoms with Gasteiger partial charge in [-0.3, -0.25) is 18.7 Å². The van der Waals surface area contributed by atoms with Crippen molar-refractivity contribution in [3.63, 3.8) is 0 Å². The molecule has 4 aromatic rings. The summed E-state index contributed by atoms with van der Waals surface area (Å²) in [5.41, 5.74) is 9.75. The normalized spacial score (nSPS) is 14.7. The van der Waals surface area contributed by atoms with Crippen LogP contribution in [0.25, 0.3) is 0 Å². The summed E-state index contributed by atoms with van der Waals surface area (Å²) in [5.74, 6) is -0.725. The number of nitrogens with two attached hydrogens (primary N) is 1. The number of carbonyl (C=O) groups excluding carboxylic acids is 5. The SMILES string of the molecule is CCOC(=O)[C@H](C)NP(=O)(CCN(C/C(C)=C/Cc1c(O)c2c(c(C)c1CC)COC2=O)S(N)(=O)=O)Oc1ccccc1.CCOC(=O)[C@H](C)NP(=O)(CCNC/C(C)=C/Cc1c(CC)c(C)c2c(c1OCC[Si](C)(C)C)C(=O)OC2)Oc1ccccc1.C[Si](C)(C)CCO.O=C=NS(=O)(=O)Cl. The van der Waals surface area contributed by atoms with E-state index in [1.807, 2.05) is 26.8 Å². The molecule has 0 aliphatic carbocycles. The molecule has 6 rings (SSSR count). The van der Waals surface area contributed by atoms with Crippen molar-refractivity contribution in [1.29, 1.82) is 0 Å². The Balaban J connectivity index is 0.000000446. The molecule has 2 aliphatic heterocycles. The third-order valence-corrected chi connectivity index (χ3v) is 25.0. The standard InChI is InChI=1S/C34H51N2O7PSi.C29H40N3O9PS.C5H14OSi.CClNO3S/c1-9-28-25(4)30-23-42-34(38)31(30)32(41-19-21-45(6,7)8)29(28)17-16-24(3)22-35-18-20-44(39,36-26(5)33(37)40-10-2)43-27-14-12-11-13-15-27;1-6-23-20(4)25-18-40-29(35)26(25)27(33)24(23)14-13-19(3)17-32(43(30,37)38)15-16-42(36,31-21(5)28(34)39-7-2)41-22-11-9-8-10-12-22;1-7(2,3)5-4-6;2-7(5,6)3-1-4/h11-16,26,35H,9-10,17-23H2,1-8H3,(H,36,39);8-13,21,33H,6-7,14-18H2,1-5H3,(H,31,36)(H2,30,37,38);6H,4-5H2,1-3H3;/b24-16+;19-13+;;/t26-,44?;21-,42?;;/m00../s1. The van der Waals surface area contributed by atoms with Crippen molar-refractivity contribution >= 4 is 91.3 Å². The Bertz CT molecular complexity index is 3950. The summed E-state index contributed by atoms with van der Waals surface area (Å²) in [6, 6.07) is 17.5. The molecule has 0 saturated carbocycles. The minimum Gasteiger partial charge on any atom is -0.507 e. The maximum atomic E-state index is 13.9. The molecule has 0 aromatic heterocycles. The Kier molecular flexibility index (Phi) is 37.0. The van der Waals surface area contributed by atoms with Crippen LogP contribution in [0.4, 0.5) is 0 Å². The quantitative estimate of drug-likeness (QED) is 0.00283. The van der Waals surface area contributed by atoms with Gasteiger partial charge in [0.15, 0.2) is 0 Å². The van der Waals surface area contributed by atoms with Crippen LogP contribution in [-0.4, -0.2) is 154 Å². The second-order valence-corrected chi connectivity index (χ2v) is 46.0. The number of allylic oxidation sites excluding steroid dienone is 2. The molecule has 0 amide bonds. The van der Waals surface area contributed by atoms with Crippen LogP contribution >= 0.6 is 25.7 Å². The van der Waals surface area contributed by atoms with Crippen molar-refractivity contribution in [3.8, 4) is 23.0 Å². The van der Waals surface area contributed by atoms with Gasteiger partial charge in [0.25, 0.3) is 16.3 Å². The summed E-state index contributed by atoms with van der Waals surface area (Å²) in [5, 5.41) is 33.9. The number of para-hydroxylation sites is 2. The molecule has 0 bridgehead atoms. The Morgan fingerprint density at radius 3 is 1.60 bits per heavy atom. The molecule has 7 N–H and O–H groups in total. The van der Waals surface area contributed by atoms with Gasteiger partial charge < -0.3 is 48.3 Å². The lowest BCUT2D eigenvalue weighted by Crippen LogP contribution is -2.41. The first-order valence-electron chi connectivity index (χ1n) is 33.6. The van der Waals surface area contributed by atoms with Crippen LogP contribution in [0.1, 0.15) is 121 Å². The number of nitrogens with one attached hydrogen (secondary N) is 3. The Labute approximate surface area is 609 Å². The lowest BCUT2D eigenvalue weighted by molar-refractivity contribution is -0.145. The molecule has 0 spiro atoms. The first-order valence-corrected chi connectivity index (χ1v) is 48.4. The highest BCUT2D eigenvalue weighted by Gasteiger charge is 2.36. The topological polar surface area (TPSA) is 371 Å². The maximum absolute atomic E-state index is 13.9. The van der Waals surface area contributed by atoms with E-state index in [-0.39, 0.29) is 74.7 Å². The number of benzene rings is 4. The van der Waals surface area contributed by atoms with E-state index < -0.39 is 80.6 Å². The second kappa shape index (κ2) is 42.0. The molecule has 33 heteroatoms. The lowest BCUT2D eigenvalue weighted by Gasteiger charge is -2.26. The molecule has 2 heterocycles. The van der Waals surface area contributed by atoms with Gasteiger partial charge in [0, 0.05) is 81.9 Å². The molecular weight excluding hydrogens is 1450 g/mol. The van der Waals surface area contributed by atoms with Gasteiger partial charge in [-0.05, 0) is 140 Å². The third kappa shape index (κ3) is 30.4. The predicted octanol–water partition coefficient (Wildman–Crippen LogP) is 11.7. The molecule has 0 radical (unpaired) electrons. The third-order valence-electron chi connectivity index (χ3n) is 15.9. The fraction of sp³-hybridized carbons (Fsp3) is 0.522. The van der Waals surface area contributed by atoms with Gasteiger partial charge in [-0.15, -0.1) is 0 Å². The summed E-state index contributed by atoms with van der Waals surface area (Å²) in [6.45, 7) is 34.2. The fourth-order valence-electron chi connectivity index (χ4n) is 10.5. The van der Waals surface area contributed by atoms with Gasteiger partial charge >= 0.3 is 48.2 Å². The smallest absolute Gasteiger partial charge is 0.350 e. The number of phenols is 1. The highest BCUT2D eigenvalue weighted by atomic mass is 35.7. The minimum absolute atomic E-state index is 0.115. The molecule has 2 aliphatic rings. The number of ether oxygens (including phenoxy) is 5. The van der Waals surface area contributed by atoms with Crippen molar-refractivity contribution in [1.82, 2.24) is 19.8 Å². The summed E-state index contributed by atoms with van der Waals surface area (Å²) >= 11 is 0. The molecule has 0 saturated heterocycles. The zero-order valence-corrected chi connectivity index (χ0v) is 67.8. The number of phenolic OH excluding ortho intramolecular Hbond substituents is 1. The average Bonchev–Trinajstić information content (AvgIpc) is 1.55. The van der Waals surface area contributed by atoms with Crippen LogP contribution in [0.5, 0.6) is 23.0 Å². The number of nitrogens with zero attached hydrogens (tertiary/aromatic N) is 2. The molecule has 4 aromatic carbocycles. The zero-order valence-electron chi connectivity index (χ0n) is 61.6. The van der Waals surface area contributed by atoms with E-state index in [2.05, 4.69) is 89.8 Å². The number of hydrogen-bond donors (Lipinski definition) is 6. The number of esters is 4. The molecule has 26 nitrogen and oxygen atoms in total. The number of halogens is 1. The molecule has 2 unspecified atom stereocenters. The fourth-order valence-corrected chi connectivity index (χ4v) is 16.7. The van der Waals surface area contributed by atoms with Crippen LogP contribution < -0.4 is 34.4 Å². The Hall–Kier alpha value is -6.34. The zero-order chi connectivity index (χ0) is 77.0. The van der Waals surface area contributed by atoms with Crippen LogP contribution in [0, 0.1) is 13.8 Å². The van der Waals surface area contributed by atoms with Gasteiger partial charge in [-0.1, -0.05) is 117 Å². The van der Waals surface area contributed by atoms with Gasteiger partial charge in [0.1, 0.15) is 59.4 Å². The van der Waals surface area contributed by atoms with Crippen LogP contribution in [-0.2, 0) is 101 Å². The number of aromatic hydroxyl groups is 1. The highest BCUT2D eigenvalue weighted by molar-refractivity contribution is 8.12. The Morgan fingerprint density at radius 2 is 1.18 bits per heavy atom. The lowest BCUT2D eigenvalue weighted by atomic mass is 9.89. The Morgan fingerprint density at radius 1 is 0.725 bits per heavy atom. The van der Waals surface area contributed by atoms with Crippen LogP contribution in [0.2, 0.25) is 51.4 Å². The van der Waals surface area contributed by atoms with E-state index in [1.165, 1.54) is 12.5 Å². The summed E-state index contributed by atoms with van der Waals surface area (Å²) in [7, 11) is -13.4. The van der Waals surface area contributed by atoms with E-state index in [1.54, 1.807) is 88.4 Å². The number of carbonyl (C=O) groups is 4. The van der Waals surface area contributed by atoms with E-state index in [0.29, 0.717) is 79.5 Å². The van der Waals surface area contributed by atoms with Crippen molar-refractivity contribution in [2.45, 2.75) is 172 Å². The van der Waals surface area contributed by atoms with Crippen LogP contribution in [0.3, 0.4) is 0 Å². The van der Waals surface area contributed by atoms with E-state index in [0.717, 1.165) is 62.3 Å². The van der Waals surface area contributed by atoms with Gasteiger partial charge in [-0.2, -0.15) is 21.1 Å². The summed E-state index contributed by atoms with van der Waals surface area (Å²) < 4.78 is 114. The van der Waals surface area contributed by atoms with Crippen molar-refractivity contribution in [2.24, 2.45) is 9.54 Å². The number of cyclic esters (lactones) is 2. The maximum Gasteiger partial charge on any atom is 0.350 e. The molecule has 4 atom stereocenters. The van der Waals surface area contributed by atoms with E-state index in [9.17, 15) is 50.3 Å². The number of aliphatic hydroxyl groups is 1. The largest absolute Gasteiger partial charge is 0.507 e. The number of rotatable bonds is 36. The predicted molar refractivity (Wildman–Crippen MR) is 403 cm³/mol. The molecule has 102 heavy (non-hydrogen) atoms. The van der Waals surface area contributed by atoms with Gasteiger partial charge in [-0.25, -0.2) is 29.7 Å². The highest BCUT2D eigenvalue weighted by Crippen LogP contribution is 2.46. The molecular formula is C69H105ClN6O20P2S2Si2. The molecule has 0 fully saturated rings. The second-order valence-electron chi connectivity index (χ2n) is 26.6. The number of fused-ring (bicyclic) bond motifs is 2. The first kappa shape index (κ1) is 89.9. The van der Waals surface area contributed by atoms with Crippen molar-refractivity contribution in [2.75, 3.05) is 64.9 Å². The van der Waals surface area contributed by atoms with Gasteiger partial charge in [0.2, 0.25) is 0 Å². The van der Waals surface area contributed by atoms with Crippen LogP contribution in [0.15, 0.2) is 88.4 Å².